The second-order valence-electron chi connectivity index (χ2n) is 10.0. The van der Waals surface area contributed by atoms with Crippen LogP contribution < -0.4 is 0 Å². The number of aromatic carboxylic acids is 1. The smallest absolute Gasteiger partial charge is 0.354 e. The molecule has 2 aromatic heterocycles. The number of nitrogens with zero attached hydrogens (tertiary/aromatic N) is 4. The second-order valence-corrected chi connectivity index (χ2v) is 10.0. The summed E-state index contributed by atoms with van der Waals surface area (Å²) in [5.41, 5.74) is 4.00. The Bertz CT molecular complexity index is 1170. The van der Waals surface area contributed by atoms with Gasteiger partial charge < -0.3 is 9.84 Å². The number of ether oxygens (including phenoxy) is 1. The highest BCUT2D eigenvalue weighted by Gasteiger charge is 2.33. The highest BCUT2D eigenvalue weighted by Crippen LogP contribution is 2.44. The number of para-hydroxylation sites is 1. The van der Waals surface area contributed by atoms with E-state index in [0.717, 1.165) is 87.2 Å². The van der Waals surface area contributed by atoms with E-state index in [4.69, 9.17) is 9.84 Å². The Hall–Kier alpha value is -2.77. The number of hydrogen-bond donors (Lipinski definition) is 1. The van der Waals surface area contributed by atoms with Crippen LogP contribution in [0.25, 0.3) is 16.7 Å². The average Bonchev–Trinajstić information content (AvgIpc) is 3.23. The van der Waals surface area contributed by atoms with Crippen molar-refractivity contribution in [2.75, 3.05) is 26.3 Å². The van der Waals surface area contributed by atoms with Crippen LogP contribution in [0, 0.1) is 0 Å². The number of morpholine rings is 1. The lowest BCUT2D eigenvalue weighted by molar-refractivity contribution is 0.00732. The summed E-state index contributed by atoms with van der Waals surface area (Å²) in [6, 6.07) is 12.4. The number of pyridine rings is 1. The number of fused-ring (bicyclic) bond motifs is 1. The van der Waals surface area contributed by atoms with Gasteiger partial charge in [-0.15, -0.1) is 0 Å². The molecular formula is C27H32N4O3. The first-order valence-corrected chi connectivity index (χ1v) is 12.7. The fourth-order valence-corrected chi connectivity index (χ4v) is 6.01. The van der Waals surface area contributed by atoms with E-state index < -0.39 is 5.97 Å². The Morgan fingerprint density at radius 1 is 0.971 bits per heavy atom. The summed E-state index contributed by atoms with van der Waals surface area (Å²) in [6.07, 6.45) is 7.94. The summed E-state index contributed by atoms with van der Waals surface area (Å²) in [7, 11) is 0. The van der Waals surface area contributed by atoms with Gasteiger partial charge >= 0.3 is 5.97 Å². The molecule has 1 aromatic carbocycles. The van der Waals surface area contributed by atoms with Gasteiger partial charge in [0.15, 0.2) is 11.3 Å². The highest BCUT2D eigenvalue weighted by molar-refractivity contribution is 5.92. The lowest BCUT2D eigenvalue weighted by atomic mass is 9.77. The number of aromatic nitrogens is 3. The summed E-state index contributed by atoms with van der Waals surface area (Å²) in [4.78, 5) is 19.3. The molecule has 2 saturated carbocycles. The van der Waals surface area contributed by atoms with Gasteiger partial charge in [0.2, 0.25) is 0 Å². The van der Waals surface area contributed by atoms with Gasteiger partial charge in [-0.1, -0.05) is 24.6 Å². The van der Waals surface area contributed by atoms with Gasteiger partial charge in [-0.05, 0) is 68.2 Å². The molecule has 7 heteroatoms. The molecular weight excluding hydrogens is 428 g/mol. The summed E-state index contributed by atoms with van der Waals surface area (Å²) in [6.45, 7) is 3.70. The topological polar surface area (TPSA) is 80.5 Å². The minimum Gasteiger partial charge on any atom is -0.477 e. The molecule has 0 unspecified atom stereocenters. The number of rotatable bonds is 5. The quantitative estimate of drug-likeness (QED) is 0.592. The average molecular weight is 461 g/mol. The van der Waals surface area contributed by atoms with E-state index in [0.29, 0.717) is 23.5 Å². The first-order valence-electron chi connectivity index (χ1n) is 12.7. The van der Waals surface area contributed by atoms with Crippen molar-refractivity contribution in [3.05, 3.63) is 53.3 Å². The van der Waals surface area contributed by atoms with Crippen molar-refractivity contribution in [1.29, 1.82) is 0 Å². The predicted molar refractivity (Wildman–Crippen MR) is 130 cm³/mol. The maximum atomic E-state index is 12.1. The molecule has 1 aliphatic heterocycles. The van der Waals surface area contributed by atoms with Gasteiger partial charge in [0.05, 0.1) is 24.6 Å². The maximum absolute atomic E-state index is 12.1. The van der Waals surface area contributed by atoms with Gasteiger partial charge in [0.1, 0.15) is 0 Å². The van der Waals surface area contributed by atoms with Crippen molar-refractivity contribution in [1.82, 2.24) is 19.7 Å². The van der Waals surface area contributed by atoms with Crippen LogP contribution in [0.4, 0.5) is 0 Å². The van der Waals surface area contributed by atoms with Crippen molar-refractivity contribution in [3.8, 4) is 5.69 Å². The van der Waals surface area contributed by atoms with Crippen LogP contribution >= 0.6 is 0 Å². The third-order valence-corrected chi connectivity index (χ3v) is 8.11. The molecule has 7 nitrogen and oxygen atoms in total. The van der Waals surface area contributed by atoms with E-state index in [1.165, 1.54) is 6.42 Å². The van der Waals surface area contributed by atoms with Gasteiger partial charge in [-0.2, -0.15) is 5.10 Å². The molecule has 3 fully saturated rings. The number of benzene rings is 1. The third-order valence-electron chi connectivity index (χ3n) is 8.11. The Morgan fingerprint density at radius 3 is 2.35 bits per heavy atom. The van der Waals surface area contributed by atoms with Crippen molar-refractivity contribution < 1.29 is 14.6 Å². The molecule has 1 N–H and O–H groups in total. The number of carboxylic acid groups (broad SMARTS) is 1. The van der Waals surface area contributed by atoms with Crippen LogP contribution in [0.2, 0.25) is 0 Å². The third kappa shape index (κ3) is 3.91. The number of carbonyl (C=O) groups is 1. The molecule has 34 heavy (non-hydrogen) atoms. The van der Waals surface area contributed by atoms with Crippen molar-refractivity contribution >= 4 is 17.0 Å². The van der Waals surface area contributed by atoms with Crippen molar-refractivity contribution in [2.45, 2.75) is 62.8 Å². The molecule has 0 atom stereocenters. The first-order chi connectivity index (χ1) is 16.7. The lowest BCUT2D eigenvalue weighted by Crippen LogP contribution is -2.44. The highest BCUT2D eigenvalue weighted by atomic mass is 16.5. The monoisotopic (exact) mass is 460 g/mol. The molecule has 3 aliphatic rings. The Morgan fingerprint density at radius 2 is 1.71 bits per heavy atom. The minimum atomic E-state index is -0.976. The van der Waals surface area contributed by atoms with Gasteiger partial charge in [0, 0.05) is 30.4 Å². The molecule has 1 saturated heterocycles. The van der Waals surface area contributed by atoms with E-state index in [9.17, 15) is 9.90 Å². The molecule has 2 aliphatic carbocycles. The molecule has 6 rings (SSSR count). The van der Waals surface area contributed by atoms with Crippen molar-refractivity contribution in [3.63, 3.8) is 0 Å². The molecule has 0 bridgehead atoms. The van der Waals surface area contributed by atoms with E-state index in [2.05, 4.69) is 9.88 Å². The summed E-state index contributed by atoms with van der Waals surface area (Å²) < 4.78 is 7.42. The fraction of sp³-hybridized carbons (Fsp3) is 0.519. The van der Waals surface area contributed by atoms with Crippen LogP contribution in [0.3, 0.4) is 0 Å². The SMILES string of the molecule is O=C(O)c1cc(C2CCC(N3CCOCC3)CC2)c2c(C3CCC3)nn(-c3ccccc3)c2n1. The van der Waals surface area contributed by atoms with Gasteiger partial charge in [-0.3, -0.25) is 4.90 Å². The maximum Gasteiger partial charge on any atom is 0.354 e. The lowest BCUT2D eigenvalue weighted by Gasteiger charge is -2.39. The second kappa shape index (κ2) is 9.12. The summed E-state index contributed by atoms with van der Waals surface area (Å²) in [5.74, 6) is -0.197. The van der Waals surface area contributed by atoms with E-state index >= 15 is 0 Å². The van der Waals surface area contributed by atoms with E-state index in [-0.39, 0.29) is 5.69 Å². The Labute approximate surface area is 199 Å². The van der Waals surface area contributed by atoms with Gasteiger partial charge in [0.25, 0.3) is 0 Å². The fourth-order valence-electron chi connectivity index (χ4n) is 6.01. The molecule has 0 radical (unpaired) electrons. The largest absolute Gasteiger partial charge is 0.477 e. The molecule has 0 amide bonds. The van der Waals surface area contributed by atoms with Crippen molar-refractivity contribution in [2.24, 2.45) is 0 Å². The molecule has 178 valence electrons. The van der Waals surface area contributed by atoms with Crippen LogP contribution in [0.1, 0.15) is 78.5 Å². The minimum absolute atomic E-state index is 0.120. The predicted octanol–water partition coefficient (Wildman–Crippen LogP) is 4.74. The van der Waals surface area contributed by atoms with Crippen LogP contribution in [-0.4, -0.2) is 63.1 Å². The normalized spacial score (nSPS) is 24.2. The van der Waals surface area contributed by atoms with Gasteiger partial charge in [-0.25, -0.2) is 14.5 Å². The standard InChI is InChI=1S/C27H32N4O3/c32-27(33)23-17-22(18-9-11-20(12-10-18)30-13-15-34-16-14-30)24-25(19-5-4-6-19)29-31(26(24)28-23)21-7-2-1-3-8-21/h1-3,7-8,17-20H,4-6,9-16H2,(H,32,33). The van der Waals surface area contributed by atoms with Crippen LogP contribution in [-0.2, 0) is 4.74 Å². The van der Waals surface area contributed by atoms with E-state index in [1.807, 2.05) is 41.1 Å². The summed E-state index contributed by atoms with van der Waals surface area (Å²) in [5, 5.41) is 16.1. The summed E-state index contributed by atoms with van der Waals surface area (Å²) >= 11 is 0. The number of carboxylic acids is 1. The molecule has 3 aromatic rings. The zero-order valence-electron chi connectivity index (χ0n) is 19.5. The zero-order chi connectivity index (χ0) is 23.1. The Balaban J connectivity index is 1.42. The van der Waals surface area contributed by atoms with E-state index in [1.54, 1.807) is 0 Å². The zero-order valence-corrected chi connectivity index (χ0v) is 19.5. The number of hydrogen-bond acceptors (Lipinski definition) is 5. The molecule has 0 spiro atoms. The van der Waals surface area contributed by atoms with Crippen LogP contribution in [0.5, 0.6) is 0 Å². The first kappa shape index (κ1) is 21.7. The van der Waals surface area contributed by atoms with Crippen LogP contribution in [0.15, 0.2) is 36.4 Å². The Kier molecular flexibility index (Phi) is 5.83. The molecule has 3 heterocycles.